The summed E-state index contributed by atoms with van der Waals surface area (Å²) in [6.45, 7) is 1.96. The van der Waals surface area contributed by atoms with Gasteiger partial charge in [0.05, 0.1) is 5.69 Å². The Hall–Kier alpha value is -1.75. The van der Waals surface area contributed by atoms with Crippen LogP contribution in [0.4, 0.5) is 17.1 Å². The highest BCUT2D eigenvalue weighted by molar-refractivity contribution is 5.97. The predicted octanol–water partition coefficient (Wildman–Crippen LogP) is 0.932. The molecule has 0 saturated carbocycles. The van der Waals surface area contributed by atoms with E-state index in [1.165, 1.54) is 4.90 Å². The lowest BCUT2D eigenvalue weighted by Crippen LogP contribution is -2.35. The Labute approximate surface area is 100 Å². The normalized spacial score (nSPS) is 24.4. The maximum Gasteiger partial charge on any atom is 0.229 e. The van der Waals surface area contributed by atoms with E-state index in [2.05, 4.69) is 0 Å². The topological polar surface area (TPSA) is 92.6 Å². The number of anilines is 3. The van der Waals surface area contributed by atoms with E-state index >= 15 is 0 Å². The van der Waals surface area contributed by atoms with Gasteiger partial charge in [-0.25, -0.2) is 0 Å². The SMILES string of the molecule is CCC1CC(=O)N(c2cc(N)cc(N)c2)C1O. The second-order valence-corrected chi connectivity index (χ2v) is 4.41. The third kappa shape index (κ3) is 2.06. The Balaban J connectivity index is 2.36. The zero-order valence-corrected chi connectivity index (χ0v) is 9.76. The lowest BCUT2D eigenvalue weighted by molar-refractivity contribution is -0.117. The summed E-state index contributed by atoms with van der Waals surface area (Å²) in [6.07, 6.45) is 0.349. The van der Waals surface area contributed by atoms with Crippen molar-refractivity contribution < 1.29 is 9.90 Å². The fraction of sp³-hybridized carbons (Fsp3) is 0.417. The first-order valence-corrected chi connectivity index (χ1v) is 5.69. The summed E-state index contributed by atoms with van der Waals surface area (Å²) in [5, 5.41) is 10.1. The molecule has 5 nitrogen and oxygen atoms in total. The zero-order valence-electron chi connectivity index (χ0n) is 9.76. The number of aliphatic hydroxyl groups is 1. The zero-order chi connectivity index (χ0) is 12.6. The summed E-state index contributed by atoms with van der Waals surface area (Å²) in [6, 6.07) is 4.92. The molecule has 2 atom stereocenters. The maximum atomic E-state index is 11.9. The molecule has 1 saturated heterocycles. The molecule has 0 bridgehead atoms. The Kier molecular flexibility index (Phi) is 2.93. The minimum Gasteiger partial charge on any atom is -0.399 e. The summed E-state index contributed by atoms with van der Waals surface area (Å²) in [4.78, 5) is 13.2. The third-order valence-electron chi connectivity index (χ3n) is 3.16. The van der Waals surface area contributed by atoms with Crippen molar-refractivity contribution in [3.05, 3.63) is 18.2 Å². The van der Waals surface area contributed by atoms with Gasteiger partial charge in [-0.3, -0.25) is 9.69 Å². The van der Waals surface area contributed by atoms with E-state index in [1.807, 2.05) is 6.92 Å². The van der Waals surface area contributed by atoms with Gasteiger partial charge in [0, 0.05) is 23.7 Å². The minimum atomic E-state index is -0.784. The standard InChI is InChI=1S/C12H17N3O2/c1-2-7-3-11(16)15(12(7)17)10-5-8(13)4-9(14)6-10/h4-7,12,17H,2-3,13-14H2,1H3. The van der Waals surface area contributed by atoms with Gasteiger partial charge in [0.1, 0.15) is 6.23 Å². The van der Waals surface area contributed by atoms with Crippen LogP contribution in [0.25, 0.3) is 0 Å². The first-order valence-electron chi connectivity index (χ1n) is 5.69. The van der Waals surface area contributed by atoms with Crippen LogP contribution in [0.5, 0.6) is 0 Å². The van der Waals surface area contributed by atoms with Gasteiger partial charge in [-0.05, 0) is 24.6 Å². The molecule has 2 unspecified atom stereocenters. The smallest absolute Gasteiger partial charge is 0.229 e. The second kappa shape index (κ2) is 4.25. The second-order valence-electron chi connectivity index (χ2n) is 4.41. The Morgan fingerprint density at radius 3 is 2.41 bits per heavy atom. The molecule has 1 aliphatic rings. The van der Waals surface area contributed by atoms with Crippen LogP contribution in [0.2, 0.25) is 0 Å². The summed E-state index contributed by atoms with van der Waals surface area (Å²) < 4.78 is 0. The number of nitrogens with zero attached hydrogens (tertiary/aromatic N) is 1. The molecule has 5 heteroatoms. The number of carbonyl (C=O) groups is 1. The number of nitrogen functional groups attached to an aromatic ring is 2. The number of amides is 1. The number of aliphatic hydroxyl groups excluding tert-OH is 1. The van der Waals surface area contributed by atoms with Crippen LogP contribution >= 0.6 is 0 Å². The molecule has 0 spiro atoms. The number of carbonyl (C=O) groups excluding carboxylic acids is 1. The first kappa shape index (κ1) is 11.7. The van der Waals surface area contributed by atoms with Gasteiger partial charge < -0.3 is 16.6 Å². The highest BCUT2D eigenvalue weighted by Gasteiger charge is 2.38. The van der Waals surface area contributed by atoms with Gasteiger partial charge in [0.15, 0.2) is 0 Å². The molecule has 92 valence electrons. The van der Waals surface area contributed by atoms with Crippen molar-refractivity contribution in [2.24, 2.45) is 5.92 Å². The van der Waals surface area contributed by atoms with E-state index in [4.69, 9.17) is 11.5 Å². The van der Waals surface area contributed by atoms with Crippen LogP contribution in [-0.2, 0) is 4.79 Å². The van der Waals surface area contributed by atoms with Crippen molar-refractivity contribution in [1.82, 2.24) is 0 Å². The number of hydrogen-bond donors (Lipinski definition) is 3. The first-order chi connectivity index (χ1) is 8.02. The fourth-order valence-corrected chi connectivity index (χ4v) is 2.24. The van der Waals surface area contributed by atoms with E-state index in [1.54, 1.807) is 18.2 Å². The molecular weight excluding hydrogens is 218 g/mol. The molecular formula is C12H17N3O2. The minimum absolute atomic E-state index is 0.0230. The summed E-state index contributed by atoms with van der Waals surface area (Å²) >= 11 is 0. The number of nitrogens with two attached hydrogens (primary N) is 2. The van der Waals surface area contributed by atoms with Gasteiger partial charge in [0.2, 0.25) is 5.91 Å². The van der Waals surface area contributed by atoms with E-state index in [-0.39, 0.29) is 11.8 Å². The molecule has 1 aromatic rings. The molecule has 0 aliphatic carbocycles. The maximum absolute atomic E-state index is 11.9. The van der Waals surface area contributed by atoms with Gasteiger partial charge in [-0.15, -0.1) is 0 Å². The van der Waals surface area contributed by atoms with Crippen molar-refractivity contribution in [1.29, 1.82) is 0 Å². The van der Waals surface area contributed by atoms with Crippen LogP contribution in [0.3, 0.4) is 0 Å². The average molecular weight is 235 g/mol. The van der Waals surface area contributed by atoms with Crippen LogP contribution in [0.15, 0.2) is 18.2 Å². The van der Waals surface area contributed by atoms with Crippen molar-refractivity contribution in [3.63, 3.8) is 0 Å². The van der Waals surface area contributed by atoms with Crippen molar-refractivity contribution in [3.8, 4) is 0 Å². The molecule has 1 heterocycles. The number of rotatable bonds is 2. The summed E-state index contributed by atoms with van der Waals surface area (Å²) in [7, 11) is 0. The summed E-state index contributed by atoms with van der Waals surface area (Å²) in [5.41, 5.74) is 12.9. The number of hydrogen-bond acceptors (Lipinski definition) is 4. The molecule has 1 fully saturated rings. The Morgan fingerprint density at radius 2 is 1.94 bits per heavy atom. The highest BCUT2D eigenvalue weighted by atomic mass is 16.3. The largest absolute Gasteiger partial charge is 0.399 e. The highest BCUT2D eigenvalue weighted by Crippen LogP contribution is 2.33. The molecule has 1 aliphatic heterocycles. The molecule has 5 N–H and O–H groups in total. The molecule has 0 aromatic heterocycles. The Bertz CT molecular complexity index is 427. The van der Waals surface area contributed by atoms with E-state index < -0.39 is 6.23 Å². The Morgan fingerprint density at radius 1 is 1.35 bits per heavy atom. The van der Waals surface area contributed by atoms with Gasteiger partial charge in [0.25, 0.3) is 0 Å². The summed E-state index contributed by atoms with van der Waals surface area (Å²) in [5.74, 6) is -0.112. The monoisotopic (exact) mass is 235 g/mol. The average Bonchev–Trinajstić information content (AvgIpc) is 2.52. The fourth-order valence-electron chi connectivity index (χ4n) is 2.24. The van der Waals surface area contributed by atoms with Crippen molar-refractivity contribution in [2.75, 3.05) is 16.4 Å². The van der Waals surface area contributed by atoms with Crippen LogP contribution in [0.1, 0.15) is 19.8 Å². The van der Waals surface area contributed by atoms with E-state index in [0.717, 1.165) is 6.42 Å². The van der Waals surface area contributed by atoms with Gasteiger partial charge in [-0.1, -0.05) is 6.92 Å². The predicted molar refractivity (Wildman–Crippen MR) is 67.2 cm³/mol. The van der Waals surface area contributed by atoms with Crippen molar-refractivity contribution >= 4 is 23.0 Å². The molecule has 2 rings (SSSR count). The van der Waals surface area contributed by atoms with Crippen LogP contribution in [-0.4, -0.2) is 17.2 Å². The van der Waals surface area contributed by atoms with Crippen LogP contribution in [0, 0.1) is 5.92 Å². The van der Waals surface area contributed by atoms with E-state index in [9.17, 15) is 9.90 Å². The van der Waals surface area contributed by atoms with Gasteiger partial charge >= 0.3 is 0 Å². The van der Waals surface area contributed by atoms with E-state index in [0.29, 0.717) is 23.5 Å². The molecule has 0 radical (unpaired) electrons. The van der Waals surface area contributed by atoms with Crippen LogP contribution < -0.4 is 16.4 Å². The van der Waals surface area contributed by atoms with Gasteiger partial charge in [-0.2, -0.15) is 0 Å². The molecule has 1 aromatic carbocycles. The quantitative estimate of drug-likeness (QED) is 0.665. The molecule has 17 heavy (non-hydrogen) atoms. The lowest BCUT2D eigenvalue weighted by Gasteiger charge is -2.23. The third-order valence-corrected chi connectivity index (χ3v) is 3.16. The van der Waals surface area contributed by atoms with Crippen molar-refractivity contribution in [2.45, 2.75) is 26.0 Å². The molecule has 1 amide bonds. The number of benzene rings is 1. The lowest BCUT2D eigenvalue weighted by atomic mass is 10.0.